The first kappa shape index (κ1) is 38.9. The summed E-state index contributed by atoms with van der Waals surface area (Å²) < 4.78 is 6.18. The van der Waals surface area contributed by atoms with E-state index < -0.39 is 0 Å². The predicted molar refractivity (Wildman–Crippen MR) is 197 cm³/mol. The molecule has 0 saturated carbocycles. The minimum absolute atomic E-state index is 0.0648. The average Bonchev–Trinajstić information content (AvgIpc) is 3.92. The highest BCUT2D eigenvalue weighted by molar-refractivity contribution is 8.00. The fraction of sp³-hybridized carbons (Fsp3) is 0.639. The topological polar surface area (TPSA) is 216 Å². The maximum absolute atomic E-state index is 12.5. The van der Waals surface area contributed by atoms with Gasteiger partial charge in [0.1, 0.15) is 0 Å². The van der Waals surface area contributed by atoms with Crippen LogP contribution in [0.1, 0.15) is 82.6 Å². The lowest BCUT2D eigenvalue weighted by Crippen LogP contribution is -2.42. The normalized spacial score (nSPS) is 25.5. The van der Waals surface area contributed by atoms with E-state index in [1.807, 2.05) is 23.9 Å². The number of fused-ring (bicyclic) bond motifs is 3. The molecule has 0 spiro atoms. The maximum Gasteiger partial charge on any atom is 0.315 e. The quantitative estimate of drug-likeness (QED) is 0.0220. The van der Waals surface area contributed by atoms with E-state index in [-0.39, 0.29) is 66.4 Å². The Kier molecular flexibility index (Phi) is 15.1. The molecular formula is C36H51N9O6S. The molecule has 4 aliphatic rings. The molecule has 4 fully saturated rings. The first-order valence-corrected chi connectivity index (χ1v) is 19.6. The second-order valence-electron chi connectivity index (χ2n) is 14.0. The van der Waals surface area contributed by atoms with Gasteiger partial charge < -0.3 is 26.0 Å². The van der Waals surface area contributed by atoms with Crippen LogP contribution < -0.4 is 32.1 Å². The molecule has 7 atom stereocenters. The van der Waals surface area contributed by atoms with Crippen molar-refractivity contribution < 1.29 is 28.7 Å². The van der Waals surface area contributed by atoms with Crippen molar-refractivity contribution >= 4 is 47.1 Å². The Labute approximate surface area is 308 Å². The van der Waals surface area contributed by atoms with E-state index in [4.69, 9.17) is 10.3 Å². The van der Waals surface area contributed by atoms with Gasteiger partial charge in [-0.25, -0.2) is 4.79 Å². The van der Waals surface area contributed by atoms with Gasteiger partial charge in [0, 0.05) is 53.3 Å². The molecule has 5 rings (SSSR count). The van der Waals surface area contributed by atoms with Gasteiger partial charge in [-0.05, 0) is 74.8 Å². The number of urea groups is 1. The van der Waals surface area contributed by atoms with Crippen LogP contribution in [-0.2, 0) is 30.3 Å². The zero-order valence-electron chi connectivity index (χ0n) is 29.5. The molecule has 0 aromatic heterocycles. The minimum atomic E-state index is -0.219. The number of allylic oxidation sites excluding steroid dienone is 2. The fourth-order valence-corrected chi connectivity index (χ4v) is 9.11. The van der Waals surface area contributed by atoms with E-state index in [2.05, 4.69) is 54.3 Å². The summed E-state index contributed by atoms with van der Waals surface area (Å²) in [7, 11) is 0. The van der Waals surface area contributed by atoms with Gasteiger partial charge in [-0.2, -0.15) is 11.8 Å². The standard InChI is InChI=1S/C36H51N9O6S/c37-45-42-24-16-14-23(15-17-24)8-7-13-31(46)39-21-34(49)38-20-26-25(28-18-19-29(26)51-28)9-3-1-2-4-11-32(47)43-44-33(48)12-6-5-10-30-35-27(22-52-30)40-36(50)41-35/h1,3,14-17,25-30,35H,2,4-13,18-22H2,(H,38,49)(H,39,46)(H,43,47)(H,44,48)(H2,40,41,50)/b3-1-/t25-,26+,27-,28+,29-,30-,35-/m1/s1. The lowest BCUT2D eigenvalue weighted by atomic mass is 9.77. The van der Waals surface area contributed by atoms with Gasteiger partial charge in [0.05, 0.1) is 30.8 Å². The lowest BCUT2D eigenvalue weighted by Gasteiger charge is -2.27. The van der Waals surface area contributed by atoms with Crippen LogP contribution in [0.5, 0.6) is 0 Å². The van der Waals surface area contributed by atoms with E-state index >= 15 is 0 Å². The van der Waals surface area contributed by atoms with Gasteiger partial charge >= 0.3 is 6.03 Å². The largest absolute Gasteiger partial charge is 0.374 e. The second-order valence-corrected chi connectivity index (χ2v) is 15.2. The summed E-state index contributed by atoms with van der Waals surface area (Å²) in [6.45, 7) is 0.439. The van der Waals surface area contributed by atoms with Crippen LogP contribution in [0.15, 0.2) is 41.5 Å². The molecular weight excluding hydrogens is 687 g/mol. The van der Waals surface area contributed by atoms with Crippen LogP contribution in [-0.4, -0.2) is 78.0 Å². The molecule has 0 unspecified atom stereocenters. The molecule has 0 radical (unpaired) electrons. The van der Waals surface area contributed by atoms with E-state index in [1.165, 1.54) is 0 Å². The lowest BCUT2D eigenvalue weighted by molar-refractivity contribution is -0.129. The molecule has 2 bridgehead atoms. The number of ether oxygens (including phenoxy) is 1. The SMILES string of the molecule is [N-]=[N+]=Nc1ccc(CCCC(=O)NCC(=O)NC[C@H]2[C@@H](C/C=C\CCCC(=O)NNC(=O)CCCC[C@H]3SC[C@H]4NC(=O)N[C@H]43)[C@@H]3CC[C@H]2O3)cc1. The third-order valence-corrected chi connectivity index (χ3v) is 11.8. The van der Waals surface area contributed by atoms with Crippen LogP contribution in [0.3, 0.4) is 0 Å². The van der Waals surface area contributed by atoms with Crippen molar-refractivity contribution in [1.82, 2.24) is 32.1 Å². The number of rotatable bonds is 20. The van der Waals surface area contributed by atoms with Gasteiger partial charge in [-0.15, -0.1) is 0 Å². The van der Waals surface area contributed by atoms with Crippen molar-refractivity contribution in [2.75, 3.05) is 18.8 Å². The summed E-state index contributed by atoms with van der Waals surface area (Å²) >= 11 is 1.86. The first-order chi connectivity index (χ1) is 25.3. The number of carbonyl (C=O) groups excluding carboxylic acids is 5. The molecule has 16 heteroatoms. The average molecular weight is 738 g/mol. The summed E-state index contributed by atoms with van der Waals surface area (Å²) in [6, 6.07) is 7.50. The number of hydrogen-bond donors (Lipinski definition) is 6. The number of azide groups is 1. The summed E-state index contributed by atoms with van der Waals surface area (Å²) in [5.41, 5.74) is 15.1. The summed E-state index contributed by atoms with van der Waals surface area (Å²) in [6.07, 6.45) is 13.6. The Morgan fingerprint density at radius 1 is 0.885 bits per heavy atom. The number of nitrogens with one attached hydrogen (secondary N) is 6. The number of thioether (sulfide) groups is 1. The molecule has 6 N–H and O–H groups in total. The fourth-order valence-electron chi connectivity index (χ4n) is 7.57. The number of carbonyl (C=O) groups is 5. The van der Waals surface area contributed by atoms with E-state index in [1.54, 1.807) is 12.1 Å². The number of nitrogens with zero attached hydrogens (tertiary/aromatic N) is 3. The van der Waals surface area contributed by atoms with Crippen molar-refractivity contribution in [2.24, 2.45) is 17.0 Å². The number of amides is 6. The third-order valence-electron chi connectivity index (χ3n) is 10.3. The molecule has 1 aromatic rings. The zero-order valence-corrected chi connectivity index (χ0v) is 30.3. The summed E-state index contributed by atoms with van der Waals surface area (Å²) in [5.74, 6) is 0.622. The molecule has 4 aliphatic heterocycles. The van der Waals surface area contributed by atoms with E-state index in [0.29, 0.717) is 61.9 Å². The Hall–Kier alpha value is -4.27. The number of aryl methyl sites for hydroxylation is 1. The molecule has 0 aliphatic carbocycles. The Bertz CT molecular complexity index is 1490. The number of hydrogen-bond acceptors (Lipinski definition) is 8. The molecule has 4 saturated heterocycles. The van der Waals surface area contributed by atoms with Gasteiger partial charge in [-0.1, -0.05) is 48.0 Å². The maximum atomic E-state index is 12.5. The van der Waals surface area contributed by atoms with Crippen molar-refractivity contribution in [3.8, 4) is 0 Å². The van der Waals surface area contributed by atoms with Crippen molar-refractivity contribution in [2.45, 2.75) is 113 Å². The smallest absolute Gasteiger partial charge is 0.315 e. The highest BCUT2D eigenvalue weighted by Crippen LogP contribution is 2.45. The van der Waals surface area contributed by atoms with E-state index in [0.717, 1.165) is 56.3 Å². The van der Waals surface area contributed by atoms with Crippen LogP contribution in [0.2, 0.25) is 0 Å². The summed E-state index contributed by atoms with van der Waals surface area (Å²) in [4.78, 5) is 63.5. The van der Waals surface area contributed by atoms with Gasteiger partial charge in [0.15, 0.2) is 0 Å². The van der Waals surface area contributed by atoms with Crippen molar-refractivity contribution in [3.05, 3.63) is 52.4 Å². The Balaban J connectivity index is 0.877. The molecule has 6 amide bonds. The zero-order chi connectivity index (χ0) is 36.7. The number of benzene rings is 1. The molecule has 282 valence electrons. The predicted octanol–water partition coefficient (Wildman–Crippen LogP) is 3.97. The van der Waals surface area contributed by atoms with Gasteiger partial charge in [0.25, 0.3) is 0 Å². The first-order valence-electron chi connectivity index (χ1n) is 18.5. The van der Waals surface area contributed by atoms with Crippen LogP contribution in [0, 0.1) is 11.8 Å². The molecule has 1 aromatic carbocycles. The third kappa shape index (κ3) is 11.9. The molecule has 4 heterocycles. The second kappa shape index (κ2) is 20.1. The van der Waals surface area contributed by atoms with Crippen molar-refractivity contribution in [3.63, 3.8) is 0 Å². The Morgan fingerprint density at radius 3 is 2.38 bits per heavy atom. The van der Waals surface area contributed by atoms with Crippen LogP contribution in [0.4, 0.5) is 10.5 Å². The highest BCUT2D eigenvalue weighted by Gasteiger charge is 2.48. The monoisotopic (exact) mass is 737 g/mol. The molecule has 15 nitrogen and oxygen atoms in total. The highest BCUT2D eigenvalue weighted by atomic mass is 32.2. The van der Waals surface area contributed by atoms with Gasteiger partial charge in [-0.3, -0.25) is 30.0 Å². The number of unbranched alkanes of at least 4 members (excludes halogenated alkanes) is 2. The van der Waals surface area contributed by atoms with Gasteiger partial charge in [0.2, 0.25) is 23.6 Å². The van der Waals surface area contributed by atoms with Crippen LogP contribution >= 0.6 is 11.8 Å². The van der Waals surface area contributed by atoms with E-state index in [9.17, 15) is 24.0 Å². The van der Waals surface area contributed by atoms with Crippen LogP contribution in [0.25, 0.3) is 10.4 Å². The summed E-state index contributed by atoms with van der Waals surface area (Å²) in [5, 5.41) is 15.5. The molecule has 52 heavy (non-hydrogen) atoms. The van der Waals surface area contributed by atoms with Crippen molar-refractivity contribution in [1.29, 1.82) is 0 Å². The number of hydrazine groups is 1. The minimum Gasteiger partial charge on any atom is -0.374 e. The Morgan fingerprint density at radius 2 is 1.62 bits per heavy atom.